The van der Waals surface area contributed by atoms with E-state index >= 15 is 0 Å². The van der Waals surface area contributed by atoms with Gasteiger partial charge in [0.1, 0.15) is 6.61 Å². The van der Waals surface area contributed by atoms with Crippen molar-refractivity contribution in [1.82, 2.24) is 10.3 Å². The minimum atomic E-state index is -0.382. The van der Waals surface area contributed by atoms with Crippen molar-refractivity contribution >= 4 is 0 Å². The molecule has 0 aromatic carbocycles. The van der Waals surface area contributed by atoms with Crippen molar-refractivity contribution in [2.45, 2.75) is 20.4 Å². The van der Waals surface area contributed by atoms with Gasteiger partial charge in [-0.3, -0.25) is 0 Å². The molecular weight excluding hydrogens is 207 g/mol. The summed E-state index contributed by atoms with van der Waals surface area (Å²) < 4.78 is 19.0. The van der Waals surface area contributed by atoms with Gasteiger partial charge in [-0.25, -0.2) is 9.37 Å². The van der Waals surface area contributed by atoms with Gasteiger partial charge in [0, 0.05) is 18.3 Å². The van der Waals surface area contributed by atoms with Crippen molar-refractivity contribution in [3.63, 3.8) is 0 Å². The smallest absolute Gasteiger partial charge is 0.251 e. The quantitative estimate of drug-likeness (QED) is 0.753. The normalized spacial score (nSPS) is 10.9. The maximum absolute atomic E-state index is 13.8. The van der Waals surface area contributed by atoms with Gasteiger partial charge in [0.15, 0.2) is 5.82 Å². The Labute approximate surface area is 95.3 Å². The number of nitrogens with one attached hydrogen (secondary N) is 1. The number of hydrogen-bond donors (Lipinski definition) is 1. The van der Waals surface area contributed by atoms with E-state index in [1.165, 1.54) is 0 Å². The molecule has 1 rings (SSSR count). The first kappa shape index (κ1) is 12.6. The Balaban J connectivity index is 2.69. The second-order valence-electron chi connectivity index (χ2n) is 3.25. The Morgan fingerprint density at radius 1 is 1.56 bits per heavy atom. The molecule has 0 radical (unpaired) electrons. The summed E-state index contributed by atoms with van der Waals surface area (Å²) in [4.78, 5) is 3.86. The molecule has 3 nitrogen and oxygen atoms in total. The van der Waals surface area contributed by atoms with Crippen LogP contribution in [0.25, 0.3) is 0 Å². The zero-order valence-corrected chi connectivity index (χ0v) is 9.66. The van der Waals surface area contributed by atoms with Gasteiger partial charge in [-0.1, -0.05) is 19.1 Å². The fraction of sp³-hybridized carbons (Fsp3) is 0.417. The number of halogens is 1. The highest BCUT2D eigenvalue weighted by Gasteiger charge is 2.09. The van der Waals surface area contributed by atoms with Crippen LogP contribution in [0.2, 0.25) is 0 Å². The molecule has 0 fully saturated rings. The minimum absolute atomic E-state index is 0.0634. The molecule has 0 aliphatic carbocycles. The largest absolute Gasteiger partial charge is 0.471 e. The second kappa shape index (κ2) is 6.95. The zero-order chi connectivity index (χ0) is 11.8. The lowest BCUT2D eigenvalue weighted by molar-refractivity contribution is 0.324. The molecule has 1 heterocycles. The standard InChI is InChI=1S/C12H17FN2O/c1-3-5-8-16-12-11(13)10(6-7-15-12)9-14-4-2/h3,5-7,14H,4,8-9H2,1-2H3/b5-3+. The number of allylic oxidation sites excluding steroid dienone is 1. The molecule has 0 atom stereocenters. The Morgan fingerprint density at radius 3 is 3.06 bits per heavy atom. The molecule has 0 amide bonds. The number of ether oxygens (including phenoxy) is 1. The number of nitrogens with zero attached hydrogens (tertiary/aromatic N) is 1. The highest BCUT2D eigenvalue weighted by Crippen LogP contribution is 2.17. The van der Waals surface area contributed by atoms with Gasteiger partial charge < -0.3 is 10.1 Å². The number of aromatic nitrogens is 1. The maximum atomic E-state index is 13.8. The molecule has 1 N–H and O–H groups in total. The van der Waals surface area contributed by atoms with Crippen molar-refractivity contribution in [3.8, 4) is 5.88 Å². The van der Waals surface area contributed by atoms with E-state index in [9.17, 15) is 4.39 Å². The third kappa shape index (κ3) is 3.62. The summed E-state index contributed by atoms with van der Waals surface area (Å²) in [5.74, 6) is -0.318. The summed E-state index contributed by atoms with van der Waals surface area (Å²) in [6, 6.07) is 1.65. The van der Waals surface area contributed by atoms with Crippen LogP contribution < -0.4 is 10.1 Å². The third-order valence-corrected chi connectivity index (χ3v) is 2.05. The zero-order valence-electron chi connectivity index (χ0n) is 9.66. The Bertz CT molecular complexity index is 353. The lowest BCUT2D eigenvalue weighted by Crippen LogP contribution is -2.13. The van der Waals surface area contributed by atoms with Crippen LogP contribution in [0.5, 0.6) is 5.88 Å². The van der Waals surface area contributed by atoms with Crippen molar-refractivity contribution in [1.29, 1.82) is 0 Å². The SMILES string of the molecule is C/C=C/COc1nccc(CNCC)c1F. The monoisotopic (exact) mass is 224 g/mol. The first-order chi connectivity index (χ1) is 7.79. The Hall–Kier alpha value is -1.42. The van der Waals surface area contributed by atoms with Gasteiger partial charge in [0.05, 0.1) is 0 Å². The molecule has 1 aromatic heterocycles. The van der Waals surface area contributed by atoms with Crippen LogP contribution >= 0.6 is 0 Å². The summed E-state index contributed by atoms with van der Waals surface area (Å²) in [7, 11) is 0. The molecule has 16 heavy (non-hydrogen) atoms. The van der Waals surface area contributed by atoms with Gasteiger partial charge in [-0.2, -0.15) is 0 Å². The van der Waals surface area contributed by atoms with Crippen LogP contribution in [-0.4, -0.2) is 18.1 Å². The highest BCUT2D eigenvalue weighted by atomic mass is 19.1. The average Bonchev–Trinajstić information content (AvgIpc) is 2.30. The summed E-state index contributed by atoms with van der Waals surface area (Å²) >= 11 is 0. The van der Waals surface area contributed by atoms with E-state index in [0.717, 1.165) is 6.54 Å². The third-order valence-electron chi connectivity index (χ3n) is 2.05. The summed E-state index contributed by atoms with van der Waals surface area (Å²) in [5.41, 5.74) is 0.576. The molecule has 0 spiro atoms. The average molecular weight is 224 g/mol. The predicted molar refractivity (Wildman–Crippen MR) is 61.9 cm³/mol. The molecule has 1 aromatic rings. The molecule has 4 heteroatoms. The Morgan fingerprint density at radius 2 is 2.38 bits per heavy atom. The fourth-order valence-electron chi connectivity index (χ4n) is 1.18. The molecule has 88 valence electrons. The number of hydrogen-bond acceptors (Lipinski definition) is 3. The maximum Gasteiger partial charge on any atom is 0.251 e. The molecular formula is C12H17FN2O. The van der Waals surface area contributed by atoms with E-state index in [1.807, 2.05) is 19.9 Å². The lowest BCUT2D eigenvalue weighted by atomic mass is 10.2. The van der Waals surface area contributed by atoms with Crippen LogP contribution in [0, 0.1) is 5.82 Å². The summed E-state index contributed by atoms with van der Waals surface area (Å²) in [6.07, 6.45) is 5.21. The van der Waals surface area contributed by atoms with Gasteiger partial charge in [-0.05, 0) is 19.5 Å². The predicted octanol–water partition coefficient (Wildman–Crippen LogP) is 2.29. The summed E-state index contributed by atoms with van der Waals surface area (Å²) in [6.45, 7) is 5.49. The molecule has 0 aliphatic rings. The van der Waals surface area contributed by atoms with Gasteiger partial charge in [-0.15, -0.1) is 0 Å². The van der Waals surface area contributed by atoms with Crippen LogP contribution in [-0.2, 0) is 6.54 Å². The topological polar surface area (TPSA) is 34.1 Å². The molecule has 0 saturated heterocycles. The van der Waals surface area contributed by atoms with Gasteiger partial charge in [0.25, 0.3) is 5.88 Å². The Kier molecular flexibility index (Phi) is 5.50. The van der Waals surface area contributed by atoms with Crippen molar-refractivity contribution in [2.24, 2.45) is 0 Å². The van der Waals surface area contributed by atoms with Crippen LogP contribution in [0.3, 0.4) is 0 Å². The first-order valence-corrected chi connectivity index (χ1v) is 5.37. The molecule has 0 bridgehead atoms. The number of rotatable bonds is 6. The van der Waals surface area contributed by atoms with Gasteiger partial charge in [0.2, 0.25) is 0 Å². The fourth-order valence-corrected chi connectivity index (χ4v) is 1.18. The molecule has 0 saturated carbocycles. The molecule has 0 unspecified atom stereocenters. The van der Waals surface area contributed by atoms with E-state index in [0.29, 0.717) is 18.7 Å². The van der Waals surface area contributed by atoms with Crippen LogP contribution in [0.1, 0.15) is 19.4 Å². The summed E-state index contributed by atoms with van der Waals surface area (Å²) in [5, 5.41) is 3.06. The highest BCUT2D eigenvalue weighted by molar-refractivity contribution is 5.23. The molecule has 0 aliphatic heterocycles. The van der Waals surface area contributed by atoms with E-state index < -0.39 is 0 Å². The van der Waals surface area contributed by atoms with E-state index in [2.05, 4.69) is 10.3 Å². The van der Waals surface area contributed by atoms with Gasteiger partial charge >= 0.3 is 0 Å². The lowest BCUT2D eigenvalue weighted by Gasteiger charge is -2.07. The van der Waals surface area contributed by atoms with E-state index in [1.54, 1.807) is 18.3 Å². The first-order valence-electron chi connectivity index (χ1n) is 5.37. The minimum Gasteiger partial charge on any atom is -0.471 e. The van der Waals surface area contributed by atoms with Crippen LogP contribution in [0.4, 0.5) is 4.39 Å². The van der Waals surface area contributed by atoms with Crippen molar-refractivity contribution in [3.05, 3.63) is 35.8 Å². The van der Waals surface area contributed by atoms with E-state index in [4.69, 9.17) is 4.74 Å². The number of pyridine rings is 1. The van der Waals surface area contributed by atoms with Crippen LogP contribution in [0.15, 0.2) is 24.4 Å². The van der Waals surface area contributed by atoms with Crippen molar-refractivity contribution < 1.29 is 9.13 Å². The second-order valence-corrected chi connectivity index (χ2v) is 3.25. The van der Waals surface area contributed by atoms with E-state index in [-0.39, 0.29) is 11.7 Å². The van der Waals surface area contributed by atoms with Crippen molar-refractivity contribution in [2.75, 3.05) is 13.2 Å².